The van der Waals surface area contributed by atoms with Crippen LogP contribution in [0.5, 0.6) is 0 Å². The van der Waals surface area contributed by atoms with Gasteiger partial charge < -0.3 is 0 Å². The first-order chi connectivity index (χ1) is 4.77. The highest BCUT2D eigenvalue weighted by Crippen LogP contribution is 2.52. The van der Waals surface area contributed by atoms with E-state index in [0.717, 1.165) is 23.7 Å². The summed E-state index contributed by atoms with van der Waals surface area (Å²) in [6, 6.07) is 0. The van der Waals surface area contributed by atoms with Crippen molar-refractivity contribution in [2.45, 2.75) is 26.7 Å². The van der Waals surface area contributed by atoms with Gasteiger partial charge in [0.25, 0.3) is 0 Å². The fraction of sp³-hybridized carbons (Fsp3) is 0.800. The monoisotopic (exact) mass is 136 g/mol. The highest BCUT2D eigenvalue weighted by Gasteiger charge is 2.43. The summed E-state index contributed by atoms with van der Waals surface area (Å²) >= 11 is 0. The first-order valence-corrected chi connectivity index (χ1v) is 4.45. The maximum Gasteiger partial charge on any atom is -0.0196 e. The number of hydrogen-bond donors (Lipinski definition) is 0. The van der Waals surface area contributed by atoms with Gasteiger partial charge in [-0.05, 0) is 36.5 Å². The van der Waals surface area contributed by atoms with Crippen LogP contribution in [0.25, 0.3) is 0 Å². The lowest BCUT2D eigenvalue weighted by Crippen LogP contribution is -2.01. The lowest BCUT2D eigenvalue weighted by atomic mass is 9.95. The second-order valence-electron chi connectivity index (χ2n) is 4.24. The van der Waals surface area contributed by atoms with Gasteiger partial charge in [-0.2, -0.15) is 0 Å². The van der Waals surface area contributed by atoms with Crippen molar-refractivity contribution in [3.05, 3.63) is 12.2 Å². The van der Waals surface area contributed by atoms with Crippen LogP contribution in [0.2, 0.25) is 0 Å². The van der Waals surface area contributed by atoms with E-state index in [-0.39, 0.29) is 0 Å². The number of fused-ring (bicyclic) bond motifs is 1. The molecule has 2 aliphatic rings. The molecule has 0 spiro atoms. The van der Waals surface area contributed by atoms with Crippen molar-refractivity contribution in [2.24, 2.45) is 23.7 Å². The Labute approximate surface area is 63.3 Å². The van der Waals surface area contributed by atoms with Gasteiger partial charge >= 0.3 is 0 Å². The maximum absolute atomic E-state index is 2.44. The molecule has 2 aliphatic carbocycles. The molecule has 0 aromatic rings. The molecule has 0 aromatic carbocycles. The van der Waals surface area contributed by atoms with E-state index >= 15 is 0 Å². The molecular formula is C10H16. The Bertz CT molecular complexity index is 155. The summed E-state index contributed by atoms with van der Waals surface area (Å²) in [6.45, 7) is 4.65. The second-order valence-corrected chi connectivity index (χ2v) is 4.24. The van der Waals surface area contributed by atoms with Crippen LogP contribution in [0.4, 0.5) is 0 Å². The molecule has 1 fully saturated rings. The van der Waals surface area contributed by atoms with Gasteiger partial charge in [0.2, 0.25) is 0 Å². The zero-order valence-electron chi connectivity index (χ0n) is 6.88. The summed E-state index contributed by atoms with van der Waals surface area (Å²) < 4.78 is 0. The van der Waals surface area contributed by atoms with E-state index < -0.39 is 0 Å². The van der Waals surface area contributed by atoms with Gasteiger partial charge in [-0.25, -0.2) is 0 Å². The van der Waals surface area contributed by atoms with E-state index in [1.807, 2.05) is 0 Å². The second kappa shape index (κ2) is 2.11. The Kier molecular flexibility index (Phi) is 1.36. The van der Waals surface area contributed by atoms with Gasteiger partial charge in [0, 0.05) is 0 Å². The van der Waals surface area contributed by atoms with Gasteiger partial charge in [0.1, 0.15) is 0 Å². The van der Waals surface area contributed by atoms with Gasteiger partial charge in [0.15, 0.2) is 0 Å². The first kappa shape index (κ1) is 6.45. The molecule has 0 heterocycles. The minimum atomic E-state index is 0.883. The Morgan fingerprint density at radius 3 is 2.60 bits per heavy atom. The van der Waals surface area contributed by atoms with E-state index in [2.05, 4.69) is 26.0 Å². The summed E-state index contributed by atoms with van der Waals surface area (Å²) in [4.78, 5) is 0. The minimum Gasteiger partial charge on any atom is -0.0848 e. The van der Waals surface area contributed by atoms with E-state index in [1.54, 1.807) is 0 Å². The lowest BCUT2D eigenvalue weighted by molar-refractivity contribution is 0.440. The Balaban J connectivity index is 1.89. The quantitative estimate of drug-likeness (QED) is 0.512. The SMILES string of the molecule is CC(C)CC1C=CC2CC12. The van der Waals surface area contributed by atoms with Crippen LogP contribution < -0.4 is 0 Å². The largest absolute Gasteiger partial charge is 0.0848 e. The van der Waals surface area contributed by atoms with Crippen molar-refractivity contribution in [1.82, 2.24) is 0 Å². The average molecular weight is 136 g/mol. The smallest absolute Gasteiger partial charge is 0.0196 e. The highest BCUT2D eigenvalue weighted by molar-refractivity contribution is 5.15. The van der Waals surface area contributed by atoms with Gasteiger partial charge in [-0.3, -0.25) is 0 Å². The molecule has 0 nitrogen and oxygen atoms in total. The molecule has 0 aliphatic heterocycles. The zero-order valence-corrected chi connectivity index (χ0v) is 6.88. The van der Waals surface area contributed by atoms with Crippen molar-refractivity contribution in [1.29, 1.82) is 0 Å². The Hall–Kier alpha value is -0.260. The number of hydrogen-bond acceptors (Lipinski definition) is 0. The van der Waals surface area contributed by atoms with E-state index in [4.69, 9.17) is 0 Å². The van der Waals surface area contributed by atoms with Crippen molar-refractivity contribution in [3.8, 4) is 0 Å². The summed E-state index contributed by atoms with van der Waals surface area (Å²) in [5.74, 6) is 3.91. The number of rotatable bonds is 2. The molecule has 0 amide bonds. The molecule has 0 aromatic heterocycles. The summed E-state index contributed by atoms with van der Waals surface area (Å²) in [6.07, 6.45) is 7.78. The third-order valence-electron chi connectivity index (χ3n) is 2.79. The Morgan fingerprint density at radius 1 is 1.40 bits per heavy atom. The van der Waals surface area contributed by atoms with Crippen LogP contribution in [-0.2, 0) is 0 Å². The highest BCUT2D eigenvalue weighted by atomic mass is 14.5. The molecule has 0 saturated heterocycles. The molecule has 3 unspecified atom stereocenters. The molecule has 0 N–H and O–H groups in total. The molecular weight excluding hydrogens is 120 g/mol. The van der Waals surface area contributed by atoms with Crippen LogP contribution in [0.15, 0.2) is 12.2 Å². The Morgan fingerprint density at radius 2 is 2.20 bits per heavy atom. The van der Waals surface area contributed by atoms with Gasteiger partial charge in [-0.1, -0.05) is 26.0 Å². The van der Waals surface area contributed by atoms with Gasteiger partial charge in [0.05, 0.1) is 0 Å². The molecule has 10 heavy (non-hydrogen) atoms. The van der Waals surface area contributed by atoms with Crippen molar-refractivity contribution in [2.75, 3.05) is 0 Å². The van der Waals surface area contributed by atoms with E-state index in [9.17, 15) is 0 Å². The lowest BCUT2D eigenvalue weighted by Gasteiger charge is -2.11. The molecule has 3 atom stereocenters. The van der Waals surface area contributed by atoms with E-state index in [0.29, 0.717) is 0 Å². The predicted molar refractivity (Wildman–Crippen MR) is 43.7 cm³/mol. The summed E-state index contributed by atoms with van der Waals surface area (Å²) in [5.41, 5.74) is 0. The predicted octanol–water partition coefficient (Wildman–Crippen LogP) is 2.85. The summed E-state index contributed by atoms with van der Waals surface area (Å²) in [7, 11) is 0. The topological polar surface area (TPSA) is 0 Å². The van der Waals surface area contributed by atoms with Crippen molar-refractivity contribution in [3.63, 3.8) is 0 Å². The zero-order chi connectivity index (χ0) is 7.14. The molecule has 2 rings (SSSR count). The molecule has 0 bridgehead atoms. The molecule has 0 heteroatoms. The summed E-state index contributed by atoms with van der Waals surface area (Å²) in [5, 5.41) is 0. The average Bonchev–Trinajstić information content (AvgIpc) is 2.52. The van der Waals surface area contributed by atoms with Crippen molar-refractivity contribution < 1.29 is 0 Å². The van der Waals surface area contributed by atoms with E-state index in [1.165, 1.54) is 12.8 Å². The van der Waals surface area contributed by atoms with Gasteiger partial charge in [-0.15, -0.1) is 0 Å². The third kappa shape index (κ3) is 1.00. The maximum atomic E-state index is 2.44. The van der Waals surface area contributed by atoms with Crippen LogP contribution >= 0.6 is 0 Å². The minimum absolute atomic E-state index is 0.883. The van der Waals surface area contributed by atoms with Crippen molar-refractivity contribution >= 4 is 0 Å². The fourth-order valence-electron chi connectivity index (χ4n) is 2.18. The van der Waals surface area contributed by atoms with Crippen LogP contribution in [0, 0.1) is 23.7 Å². The molecule has 1 saturated carbocycles. The fourth-order valence-corrected chi connectivity index (χ4v) is 2.18. The first-order valence-electron chi connectivity index (χ1n) is 4.45. The van der Waals surface area contributed by atoms with Crippen LogP contribution in [0.1, 0.15) is 26.7 Å². The third-order valence-corrected chi connectivity index (χ3v) is 2.79. The number of allylic oxidation sites excluding steroid dienone is 2. The van der Waals surface area contributed by atoms with Crippen LogP contribution in [0.3, 0.4) is 0 Å². The molecule has 0 radical (unpaired) electrons. The standard InChI is InChI=1S/C10H16/c1-7(2)5-8-3-4-9-6-10(8)9/h3-4,7-10H,5-6H2,1-2H3. The molecule has 56 valence electrons. The normalized spacial score (nSPS) is 42.5. The van der Waals surface area contributed by atoms with Crippen LogP contribution in [-0.4, -0.2) is 0 Å².